The van der Waals surface area contributed by atoms with Crippen molar-refractivity contribution < 1.29 is 63.9 Å². The van der Waals surface area contributed by atoms with Gasteiger partial charge in [0.15, 0.2) is 23.3 Å². The number of likely N-dealkylation sites (N-methyl/N-ethyl adjacent to an activating group) is 1. The summed E-state index contributed by atoms with van der Waals surface area (Å²) < 4.78 is 36.6. The highest BCUT2D eigenvalue weighted by molar-refractivity contribution is 5.81. The number of carbonyl (C=O) groups is 1. The van der Waals surface area contributed by atoms with Crippen LogP contribution < -0.4 is 39.6 Å². The van der Waals surface area contributed by atoms with Crippen molar-refractivity contribution in [3.63, 3.8) is 0 Å². The molecule has 2 fully saturated rings. The number of aliphatic hydroxyl groups excluding tert-OH is 3. The predicted octanol–water partition coefficient (Wildman–Crippen LogP) is 0.144. The van der Waals surface area contributed by atoms with Gasteiger partial charge < -0.3 is 64.4 Å². The zero-order chi connectivity index (χ0) is 36.2. The molecule has 0 aliphatic carbocycles. The average Bonchev–Trinajstić information content (AvgIpc) is 3.49. The van der Waals surface area contributed by atoms with Crippen LogP contribution in [0.15, 0.2) is 48.5 Å². The maximum atomic E-state index is 12.6. The van der Waals surface area contributed by atoms with Crippen LogP contribution in [0.3, 0.4) is 0 Å². The summed E-state index contributed by atoms with van der Waals surface area (Å²) in [7, 11) is 3.00. The first-order valence-electron chi connectivity index (χ1n) is 16.5. The van der Waals surface area contributed by atoms with Gasteiger partial charge in [0, 0.05) is 30.3 Å². The van der Waals surface area contributed by atoms with Crippen LogP contribution >= 0.6 is 0 Å². The SMILES string of the molecule is CN[C@H]1CN[C@]2(O)[C@@H](O)[C@@H](Oc3cc4c(c(-c5cccc(O)c5)c3)[C@H]3Oc5c(ccc(OCNC[C@H](C)O)c5OC)[C@@H]3CO4)O[C@]1(C(=O)O)[C@H]2O. The first kappa shape index (κ1) is 35.0. The second kappa shape index (κ2) is 13.3. The van der Waals surface area contributed by atoms with Gasteiger partial charge in [-0.15, -0.1) is 0 Å². The molecule has 9 N–H and O–H groups in total. The minimum absolute atomic E-state index is 0.00760. The molecular weight excluding hydrogens is 670 g/mol. The van der Waals surface area contributed by atoms with Gasteiger partial charge in [-0.1, -0.05) is 18.2 Å². The smallest absolute Gasteiger partial charge is 0.340 e. The van der Waals surface area contributed by atoms with Crippen LogP contribution in [0.1, 0.15) is 30.1 Å². The first-order chi connectivity index (χ1) is 24.4. The summed E-state index contributed by atoms with van der Waals surface area (Å²) in [6, 6.07) is 12.3. The number of aliphatic carboxylic acids is 1. The molecule has 4 aliphatic heterocycles. The third kappa shape index (κ3) is 5.68. The van der Waals surface area contributed by atoms with Crippen molar-refractivity contribution in [2.24, 2.45) is 0 Å². The number of ether oxygens (including phenoxy) is 6. The number of aliphatic hydroxyl groups is 4. The van der Waals surface area contributed by atoms with Crippen molar-refractivity contribution in [2.45, 2.75) is 60.9 Å². The van der Waals surface area contributed by atoms with E-state index >= 15 is 0 Å². The molecule has 0 amide bonds. The van der Waals surface area contributed by atoms with E-state index in [0.29, 0.717) is 46.2 Å². The van der Waals surface area contributed by atoms with Crippen molar-refractivity contribution >= 4 is 5.97 Å². The molecule has 3 aromatic rings. The van der Waals surface area contributed by atoms with Crippen molar-refractivity contribution in [3.05, 3.63) is 59.7 Å². The minimum atomic E-state index is -2.49. The van der Waals surface area contributed by atoms with Crippen molar-refractivity contribution in [1.29, 1.82) is 0 Å². The Bertz CT molecular complexity index is 1810. The summed E-state index contributed by atoms with van der Waals surface area (Å²) >= 11 is 0. The highest BCUT2D eigenvalue weighted by atomic mass is 16.7. The number of hydrogen-bond donors (Lipinski definition) is 9. The van der Waals surface area contributed by atoms with E-state index in [1.54, 1.807) is 43.3 Å². The van der Waals surface area contributed by atoms with Gasteiger partial charge in [-0.25, -0.2) is 4.79 Å². The third-order valence-corrected chi connectivity index (χ3v) is 9.95. The van der Waals surface area contributed by atoms with Crippen LogP contribution in [0.2, 0.25) is 0 Å². The molecule has 0 aromatic heterocycles. The highest BCUT2D eigenvalue weighted by Gasteiger charge is 2.71. The lowest BCUT2D eigenvalue weighted by atomic mass is 9.74. The Hall–Kier alpha value is -4.39. The molecule has 0 spiro atoms. The van der Waals surface area contributed by atoms with E-state index in [1.807, 2.05) is 6.07 Å². The van der Waals surface area contributed by atoms with Crippen LogP contribution in [0.5, 0.6) is 34.5 Å². The van der Waals surface area contributed by atoms with E-state index in [9.17, 15) is 35.4 Å². The molecule has 4 heterocycles. The van der Waals surface area contributed by atoms with Gasteiger partial charge in [-0.3, -0.25) is 10.6 Å². The lowest BCUT2D eigenvalue weighted by Gasteiger charge is -2.58. The Morgan fingerprint density at radius 3 is 2.69 bits per heavy atom. The molecule has 4 aliphatic rings. The molecule has 51 heavy (non-hydrogen) atoms. The van der Waals surface area contributed by atoms with Crippen molar-refractivity contribution in [3.8, 4) is 45.6 Å². The number of aromatic hydroxyl groups is 1. The topological polar surface area (TPSA) is 230 Å². The number of phenols is 1. The van der Waals surface area contributed by atoms with Gasteiger partial charge in [0.05, 0.1) is 31.8 Å². The van der Waals surface area contributed by atoms with Gasteiger partial charge in [0.25, 0.3) is 0 Å². The van der Waals surface area contributed by atoms with Crippen molar-refractivity contribution in [2.75, 3.05) is 40.6 Å². The standard InChI is InChI=1S/C35H41N3O13/c1-16(39)12-37-15-48-23-8-7-20-22-14-47-24-11-19(49-31-30(41)35(45)32(42)34(51-31,33(43)44)25(36-2)13-38-35)10-21(17-5-4-6-18(40)9-17)26(24)27(22)50-28(20)29(23)46-3/h4-11,16,22,25,27,30-32,36-42,45H,12-15H2,1-3H3,(H,43,44)/t16-,22-,25-,27-,30-,31-,32+,34-,35-/m0/s1. The molecule has 0 unspecified atom stereocenters. The zero-order valence-electron chi connectivity index (χ0n) is 28.0. The van der Waals surface area contributed by atoms with E-state index in [2.05, 4.69) is 16.0 Å². The van der Waals surface area contributed by atoms with Crippen LogP contribution in [-0.4, -0.2) is 119 Å². The zero-order valence-corrected chi connectivity index (χ0v) is 28.0. The molecule has 2 saturated heterocycles. The quantitative estimate of drug-likeness (QED) is 0.0952. The Labute approximate surface area is 292 Å². The summed E-state index contributed by atoms with van der Waals surface area (Å²) in [5.74, 6) is -0.130. The molecule has 2 bridgehead atoms. The van der Waals surface area contributed by atoms with Crippen LogP contribution in [0.4, 0.5) is 0 Å². The average molecular weight is 712 g/mol. The number of fused-ring (bicyclic) bond motifs is 7. The lowest BCUT2D eigenvalue weighted by Crippen LogP contribution is -2.87. The molecule has 16 nitrogen and oxygen atoms in total. The molecule has 16 heteroatoms. The van der Waals surface area contributed by atoms with E-state index in [-0.39, 0.29) is 37.3 Å². The minimum Gasteiger partial charge on any atom is -0.508 e. The van der Waals surface area contributed by atoms with E-state index in [0.717, 1.165) is 5.56 Å². The summed E-state index contributed by atoms with van der Waals surface area (Å²) in [5.41, 5.74) is -2.32. The summed E-state index contributed by atoms with van der Waals surface area (Å²) in [6.07, 6.45) is -6.90. The maximum absolute atomic E-state index is 12.6. The molecule has 3 aromatic carbocycles. The van der Waals surface area contributed by atoms with E-state index in [4.69, 9.17) is 28.4 Å². The molecule has 9 atom stereocenters. The second-order valence-corrected chi connectivity index (χ2v) is 13.1. The van der Waals surface area contributed by atoms with Crippen molar-refractivity contribution in [1.82, 2.24) is 16.0 Å². The molecule has 0 saturated carbocycles. The summed E-state index contributed by atoms with van der Waals surface area (Å²) in [6.45, 7) is 2.18. The maximum Gasteiger partial charge on any atom is 0.340 e. The van der Waals surface area contributed by atoms with E-state index in [1.165, 1.54) is 20.2 Å². The number of piperidine rings is 1. The Morgan fingerprint density at radius 2 is 1.98 bits per heavy atom. The number of rotatable bonds is 11. The molecular formula is C35H41N3O13. The summed E-state index contributed by atoms with van der Waals surface area (Å²) in [4.78, 5) is 12.6. The first-order valence-corrected chi connectivity index (χ1v) is 16.5. The van der Waals surface area contributed by atoms with Crippen LogP contribution in [0.25, 0.3) is 11.1 Å². The number of hydrogen-bond acceptors (Lipinski definition) is 15. The van der Waals surface area contributed by atoms with Gasteiger partial charge in [-0.05, 0) is 49.4 Å². The fourth-order valence-electron chi connectivity index (χ4n) is 7.42. The van der Waals surface area contributed by atoms with Gasteiger partial charge >= 0.3 is 5.97 Å². The Kier molecular flexibility index (Phi) is 9.14. The summed E-state index contributed by atoms with van der Waals surface area (Å²) in [5, 5.41) is 72.3. The fraction of sp³-hybridized carbons (Fsp3) is 0.457. The van der Waals surface area contributed by atoms with Crippen LogP contribution in [-0.2, 0) is 9.53 Å². The highest BCUT2D eigenvalue weighted by Crippen LogP contribution is 2.58. The Morgan fingerprint density at radius 1 is 1.18 bits per heavy atom. The number of carboxylic acid groups (broad SMARTS) is 1. The third-order valence-electron chi connectivity index (χ3n) is 9.95. The number of methoxy groups -OCH3 is 1. The van der Waals surface area contributed by atoms with Crippen LogP contribution in [0, 0.1) is 0 Å². The molecule has 0 radical (unpaired) electrons. The fourth-order valence-corrected chi connectivity index (χ4v) is 7.42. The van der Waals surface area contributed by atoms with Gasteiger partial charge in [-0.2, -0.15) is 0 Å². The number of carboxylic acids is 1. The lowest BCUT2D eigenvalue weighted by molar-refractivity contribution is -0.362. The monoisotopic (exact) mass is 711 g/mol. The number of nitrogens with one attached hydrogen (secondary N) is 3. The normalized spacial score (nSPS) is 30.9. The van der Waals surface area contributed by atoms with Gasteiger partial charge in [0.1, 0.15) is 36.2 Å². The number of benzene rings is 3. The molecule has 7 rings (SSSR count). The Balaban J connectivity index is 1.26. The van der Waals surface area contributed by atoms with E-state index < -0.39 is 54.0 Å². The largest absolute Gasteiger partial charge is 0.508 e. The predicted molar refractivity (Wildman–Crippen MR) is 177 cm³/mol. The number of phenolic OH excluding ortho intramolecular Hbond substituents is 1. The molecule has 274 valence electrons. The second-order valence-electron chi connectivity index (χ2n) is 13.1. The van der Waals surface area contributed by atoms with Gasteiger partial charge in [0.2, 0.25) is 17.6 Å².